The van der Waals surface area contributed by atoms with Crippen LogP contribution < -0.4 is 0 Å². The van der Waals surface area contributed by atoms with Crippen molar-refractivity contribution in [2.75, 3.05) is 0 Å². The molecule has 0 aliphatic rings. The Kier molecular flexibility index (Phi) is 5.23. The van der Waals surface area contributed by atoms with E-state index in [2.05, 4.69) is 61.7 Å². The summed E-state index contributed by atoms with van der Waals surface area (Å²) in [4.78, 5) is 0. The summed E-state index contributed by atoms with van der Waals surface area (Å²) in [5.74, 6) is 0. The number of nitrogens with zero attached hydrogens (tertiary/aromatic N) is 2. The third-order valence-corrected chi connectivity index (χ3v) is 5.12. The first-order valence-electron chi connectivity index (χ1n) is 8.24. The number of rotatable bonds is 3. The van der Waals surface area contributed by atoms with Crippen LogP contribution in [0.2, 0.25) is 10.0 Å². The van der Waals surface area contributed by atoms with E-state index in [0.29, 0.717) is 15.6 Å². The van der Waals surface area contributed by atoms with Crippen LogP contribution >= 0.6 is 23.2 Å². The Hall–Kier alpha value is -2.47. The van der Waals surface area contributed by atoms with E-state index < -0.39 is 0 Å². The van der Waals surface area contributed by atoms with Gasteiger partial charge in [-0.3, -0.25) is 0 Å². The lowest BCUT2D eigenvalue weighted by molar-refractivity contribution is 0.962. The highest BCUT2D eigenvalue weighted by molar-refractivity contribution is 6.42. The molecule has 0 unspecified atom stereocenters. The zero-order chi connectivity index (χ0) is 18.8. The number of aryl methyl sites for hydroxylation is 2. The summed E-state index contributed by atoms with van der Waals surface area (Å²) in [5.41, 5.74) is 6.84. The first-order chi connectivity index (χ1) is 12.4. The van der Waals surface area contributed by atoms with Crippen molar-refractivity contribution in [3.8, 4) is 11.8 Å². The van der Waals surface area contributed by atoms with Crippen LogP contribution in [-0.4, -0.2) is 4.57 Å². The fourth-order valence-electron chi connectivity index (χ4n) is 3.10. The van der Waals surface area contributed by atoms with Crippen LogP contribution in [0.5, 0.6) is 0 Å². The van der Waals surface area contributed by atoms with E-state index in [1.165, 1.54) is 5.56 Å². The number of allylic oxidation sites excluding steroid dienone is 1. The van der Waals surface area contributed by atoms with Crippen molar-refractivity contribution in [1.82, 2.24) is 4.57 Å². The van der Waals surface area contributed by atoms with Gasteiger partial charge < -0.3 is 4.57 Å². The minimum Gasteiger partial charge on any atom is -0.318 e. The maximum atomic E-state index is 9.62. The molecule has 0 fully saturated rings. The van der Waals surface area contributed by atoms with Gasteiger partial charge in [0.05, 0.1) is 21.7 Å². The Bertz CT molecular complexity index is 1050. The van der Waals surface area contributed by atoms with Crippen LogP contribution in [0, 0.1) is 32.1 Å². The summed E-state index contributed by atoms with van der Waals surface area (Å²) in [5, 5.41) is 10.5. The first kappa shape index (κ1) is 18.3. The van der Waals surface area contributed by atoms with E-state index in [0.717, 1.165) is 28.2 Å². The molecule has 3 rings (SSSR count). The predicted octanol–water partition coefficient (Wildman–Crippen LogP) is 6.77. The number of hydrogen-bond donors (Lipinski definition) is 0. The van der Waals surface area contributed by atoms with Crippen LogP contribution in [0.15, 0.2) is 48.5 Å². The highest BCUT2D eigenvalue weighted by atomic mass is 35.5. The highest BCUT2D eigenvalue weighted by Gasteiger charge is 2.11. The molecule has 0 atom stereocenters. The van der Waals surface area contributed by atoms with Gasteiger partial charge in [0.15, 0.2) is 0 Å². The van der Waals surface area contributed by atoms with E-state index in [1.807, 2.05) is 12.1 Å². The Morgan fingerprint density at radius 2 is 1.77 bits per heavy atom. The van der Waals surface area contributed by atoms with Gasteiger partial charge in [0.1, 0.15) is 0 Å². The van der Waals surface area contributed by atoms with Crippen molar-refractivity contribution in [3.63, 3.8) is 0 Å². The van der Waals surface area contributed by atoms with Gasteiger partial charge in [0.2, 0.25) is 0 Å². The quantitative estimate of drug-likeness (QED) is 0.460. The molecule has 3 aromatic rings. The topological polar surface area (TPSA) is 28.7 Å². The summed E-state index contributed by atoms with van der Waals surface area (Å²) < 4.78 is 2.20. The van der Waals surface area contributed by atoms with Gasteiger partial charge in [-0.15, -0.1) is 0 Å². The van der Waals surface area contributed by atoms with Crippen LogP contribution in [0.1, 0.15) is 28.1 Å². The fraction of sp³-hybridized carbons (Fsp3) is 0.136. The van der Waals surface area contributed by atoms with Gasteiger partial charge in [-0.05, 0) is 73.9 Å². The molecule has 0 saturated heterocycles. The smallest absolute Gasteiger partial charge is 0.0998 e. The number of benzene rings is 2. The summed E-state index contributed by atoms with van der Waals surface area (Å²) in [6, 6.07) is 18.0. The monoisotopic (exact) mass is 380 g/mol. The van der Waals surface area contributed by atoms with Gasteiger partial charge in [-0.25, -0.2) is 0 Å². The van der Waals surface area contributed by atoms with Crippen molar-refractivity contribution in [2.24, 2.45) is 0 Å². The Balaban J connectivity index is 2.09. The molecule has 0 aliphatic carbocycles. The normalized spacial score (nSPS) is 11.5. The Morgan fingerprint density at radius 3 is 2.42 bits per heavy atom. The predicted molar refractivity (Wildman–Crippen MR) is 110 cm³/mol. The van der Waals surface area contributed by atoms with E-state index in [4.69, 9.17) is 23.2 Å². The molecule has 1 heterocycles. The molecule has 2 nitrogen and oxygen atoms in total. The van der Waals surface area contributed by atoms with Crippen LogP contribution in [0.4, 0.5) is 0 Å². The van der Waals surface area contributed by atoms with Crippen molar-refractivity contribution < 1.29 is 0 Å². The van der Waals surface area contributed by atoms with Crippen molar-refractivity contribution >= 4 is 34.9 Å². The second kappa shape index (κ2) is 7.41. The van der Waals surface area contributed by atoms with Crippen LogP contribution in [0.25, 0.3) is 17.3 Å². The molecule has 0 spiro atoms. The first-order valence-corrected chi connectivity index (χ1v) is 8.99. The zero-order valence-electron chi connectivity index (χ0n) is 14.8. The zero-order valence-corrected chi connectivity index (χ0v) is 16.4. The number of halogens is 2. The largest absolute Gasteiger partial charge is 0.318 e. The summed E-state index contributed by atoms with van der Waals surface area (Å²) in [6.45, 7) is 6.21. The highest BCUT2D eigenvalue weighted by Crippen LogP contribution is 2.29. The van der Waals surface area contributed by atoms with E-state index in [9.17, 15) is 5.26 Å². The molecule has 130 valence electrons. The van der Waals surface area contributed by atoms with Gasteiger partial charge in [-0.2, -0.15) is 5.26 Å². The van der Waals surface area contributed by atoms with E-state index in [-0.39, 0.29) is 0 Å². The van der Waals surface area contributed by atoms with Crippen LogP contribution in [-0.2, 0) is 0 Å². The third-order valence-electron chi connectivity index (χ3n) is 4.38. The van der Waals surface area contributed by atoms with Gasteiger partial charge >= 0.3 is 0 Å². The maximum Gasteiger partial charge on any atom is 0.0998 e. The summed E-state index contributed by atoms with van der Waals surface area (Å²) in [7, 11) is 0. The second-order valence-corrected chi connectivity index (χ2v) is 7.11. The maximum absolute atomic E-state index is 9.62. The average Bonchev–Trinajstić information content (AvgIpc) is 2.89. The number of nitriles is 1. The molecule has 0 N–H and O–H groups in total. The Labute approximate surface area is 163 Å². The summed E-state index contributed by atoms with van der Waals surface area (Å²) >= 11 is 12.1. The van der Waals surface area contributed by atoms with Crippen LogP contribution in [0.3, 0.4) is 0 Å². The molecule has 26 heavy (non-hydrogen) atoms. The molecule has 0 saturated carbocycles. The molecular weight excluding hydrogens is 363 g/mol. The van der Waals surface area contributed by atoms with Crippen molar-refractivity contribution in [1.29, 1.82) is 5.26 Å². The molecule has 0 aliphatic heterocycles. The minimum absolute atomic E-state index is 0.440. The molecule has 0 amide bonds. The molecule has 0 radical (unpaired) electrons. The number of aromatic nitrogens is 1. The second-order valence-electron chi connectivity index (χ2n) is 6.30. The van der Waals surface area contributed by atoms with Crippen molar-refractivity contribution in [3.05, 3.63) is 86.7 Å². The van der Waals surface area contributed by atoms with E-state index >= 15 is 0 Å². The third kappa shape index (κ3) is 3.55. The van der Waals surface area contributed by atoms with Gasteiger partial charge in [-0.1, -0.05) is 41.4 Å². The summed E-state index contributed by atoms with van der Waals surface area (Å²) in [6.07, 6.45) is 1.90. The lowest BCUT2D eigenvalue weighted by Crippen LogP contribution is -1.99. The molecular formula is C22H18Cl2N2. The lowest BCUT2D eigenvalue weighted by Gasteiger charge is -2.10. The van der Waals surface area contributed by atoms with Crippen molar-refractivity contribution in [2.45, 2.75) is 20.8 Å². The fourth-order valence-corrected chi connectivity index (χ4v) is 3.40. The molecule has 4 heteroatoms. The van der Waals surface area contributed by atoms with Gasteiger partial charge in [0, 0.05) is 17.1 Å². The number of hydrogen-bond acceptors (Lipinski definition) is 1. The van der Waals surface area contributed by atoms with Gasteiger partial charge in [0.25, 0.3) is 0 Å². The molecule has 1 aromatic heterocycles. The minimum atomic E-state index is 0.440. The molecule has 2 aromatic carbocycles. The molecule has 0 bridgehead atoms. The van der Waals surface area contributed by atoms with E-state index in [1.54, 1.807) is 12.1 Å². The Morgan fingerprint density at radius 1 is 1.00 bits per heavy atom. The standard InChI is InChI=1S/C22H18Cl2N2/c1-14-5-4-6-20(9-14)26-15(2)10-18(16(26)3)11-19(13-25)17-7-8-21(23)22(24)12-17/h4-12H,1-3H3/b19-11-. The average molecular weight is 381 g/mol. The SMILES string of the molecule is Cc1cccc(-n2c(C)cc(/C=C(/C#N)c3ccc(Cl)c(Cl)c3)c2C)c1. The lowest BCUT2D eigenvalue weighted by atomic mass is 10.0.